The number of hydrogen-bond acceptors (Lipinski definition) is 5. The minimum atomic E-state index is -0.114. The maximum Gasteiger partial charge on any atom is 0.327 e. The fourth-order valence-electron chi connectivity index (χ4n) is 2.78. The Bertz CT molecular complexity index is 453. The van der Waals surface area contributed by atoms with Crippen molar-refractivity contribution in [2.45, 2.75) is 45.7 Å². The Morgan fingerprint density at radius 3 is 2.75 bits per heavy atom. The summed E-state index contributed by atoms with van der Waals surface area (Å²) in [6.07, 6.45) is 3.02. The third kappa shape index (κ3) is 3.02. The van der Waals surface area contributed by atoms with Gasteiger partial charge in [0.15, 0.2) is 0 Å². The summed E-state index contributed by atoms with van der Waals surface area (Å²) < 4.78 is 6.91. The van der Waals surface area contributed by atoms with Crippen LogP contribution in [0.1, 0.15) is 27.2 Å². The van der Waals surface area contributed by atoms with E-state index >= 15 is 0 Å². The van der Waals surface area contributed by atoms with Gasteiger partial charge in [-0.05, 0) is 39.9 Å². The van der Waals surface area contributed by atoms with Gasteiger partial charge in [0.2, 0.25) is 0 Å². The molecule has 8 heteroatoms. The van der Waals surface area contributed by atoms with Crippen LogP contribution >= 0.6 is 11.9 Å². The summed E-state index contributed by atoms with van der Waals surface area (Å²) in [5, 5.41) is 8.12. The van der Waals surface area contributed by atoms with Gasteiger partial charge in [-0.1, -0.05) is 32.5 Å². The lowest BCUT2D eigenvalue weighted by molar-refractivity contribution is 0.476. The molecule has 0 unspecified atom stereocenters. The monoisotopic (exact) mass is 293 g/mol. The van der Waals surface area contributed by atoms with E-state index in [1.165, 1.54) is 0 Å². The van der Waals surface area contributed by atoms with Gasteiger partial charge in [0.1, 0.15) is 10.7 Å². The Balaban J connectivity index is 2.38. The van der Waals surface area contributed by atoms with Crippen LogP contribution in [0, 0.1) is 0 Å². The van der Waals surface area contributed by atoms with E-state index in [0.717, 1.165) is 18.8 Å². The largest absolute Gasteiger partial charge is 0.400 e. The summed E-state index contributed by atoms with van der Waals surface area (Å²) in [7, 11) is 2.17. The first-order chi connectivity index (χ1) is 9.36. The quantitative estimate of drug-likeness (QED) is 0.670. The Morgan fingerprint density at radius 1 is 1.40 bits per heavy atom. The molecule has 1 aliphatic rings. The number of rotatable bonds is 2. The lowest BCUT2D eigenvalue weighted by atomic mass is 9.62. The Morgan fingerprint density at radius 2 is 2.10 bits per heavy atom. The topological polar surface area (TPSA) is 36.3 Å². The average molecular weight is 293 g/mol. The van der Waals surface area contributed by atoms with Crippen molar-refractivity contribution >= 4 is 31.7 Å². The van der Waals surface area contributed by atoms with E-state index in [1.807, 2.05) is 18.1 Å². The van der Waals surface area contributed by atoms with E-state index in [0.29, 0.717) is 6.98 Å². The molecule has 0 saturated carbocycles. The van der Waals surface area contributed by atoms with Crippen molar-refractivity contribution in [1.29, 1.82) is 0 Å². The van der Waals surface area contributed by atoms with Crippen LogP contribution in [-0.2, 0) is 4.87 Å². The van der Waals surface area contributed by atoms with Gasteiger partial charge in [-0.2, -0.15) is 5.10 Å². The lowest BCUT2D eigenvalue weighted by Crippen LogP contribution is -2.56. The van der Waals surface area contributed by atoms with E-state index in [-0.39, 0.29) is 11.9 Å². The maximum absolute atomic E-state index is 4.51. The number of aromatic nitrogens is 2. The molecule has 0 spiro atoms. The molecular formula is C12H25B2N5S. The zero-order chi connectivity index (χ0) is 14.9. The molecule has 2 heterocycles. The van der Waals surface area contributed by atoms with Crippen LogP contribution in [0.4, 0.5) is 5.82 Å². The van der Waals surface area contributed by atoms with Crippen LogP contribution in [0.15, 0.2) is 12.3 Å². The molecule has 0 amide bonds. The molecule has 0 saturated heterocycles. The second-order valence-corrected chi connectivity index (χ2v) is 7.66. The summed E-state index contributed by atoms with van der Waals surface area (Å²) >= 11 is 1.83. The minimum absolute atomic E-state index is 0.114. The number of nitrogens with zero attached hydrogens (tertiary/aromatic N) is 4. The first kappa shape index (κ1) is 15.8. The van der Waals surface area contributed by atoms with Gasteiger partial charge in [-0.3, -0.25) is 4.22 Å². The summed E-state index contributed by atoms with van der Waals surface area (Å²) in [5.74, 6) is 1.08. The van der Waals surface area contributed by atoms with Crippen molar-refractivity contribution in [2.75, 3.05) is 18.8 Å². The average Bonchev–Trinajstić information content (AvgIpc) is 2.82. The minimum Gasteiger partial charge on any atom is -0.400 e. The molecule has 0 radical (unpaired) electrons. The molecule has 2 rings (SSSR count). The molecule has 0 atom stereocenters. The van der Waals surface area contributed by atoms with Gasteiger partial charge in [-0.15, -0.1) is 0 Å². The SMILES string of the molecule is CCCN1B(C)Nc2ccnn2C(C)(C)SN(C)B1C. The van der Waals surface area contributed by atoms with Gasteiger partial charge in [0, 0.05) is 0 Å². The van der Waals surface area contributed by atoms with E-state index < -0.39 is 0 Å². The molecule has 0 fully saturated rings. The van der Waals surface area contributed by atoms with Gasteiger partial charge in [-0.25, -0.2) is 4.68 Å². The first-order valence-corrected chi connectivity index (χ1v) is 8.13. The number of nitrogens with one attached hydrogen (secondary N) is 1. The Labute approximate surface area is 127 Å². The zero-order valence-electron chi connectivity index (χ0n) is 13.4. The van der Waals surface area contributed by atoms with Crippen LogP contribution < -0.4 is 5.23 Å². The summed E-state index contributed by atoms with van der Waals surface area (Å²) in [6.45, 7) is 12.9. The molecule has 0 bridgehead atoms. The van der Waals surface area contributed by atoms with E-state index in [9.17, 15) is 0 Å². The molecule has 0 aliphatic carbocycles. The molecule has 1 aromatic rings. The molecule has 1 N–H and O–H groups in total. The molecule has 110 valence electrons. The molecule has 20 heavy (non-hydrogen) atoms. The van der Waals surface area contributed by atoms with Crippen molar-refractivity contribution in [2.24, 2.45) is 0 Å². The van der Waals surface area contributed by atoms with E-state index in [1.54, 1.807) is 0 Å². The first-order valence-electron chi connectivity index (χ1n) is 7.35. The molecular weight excluding hydrogens is 268 g/mol. The second-order valence-electron chi connectivity index (χ2n) is 5.90. The Kier molecular flexibility index (Phi) is 4.76. The predicted octanol–water partition coefficient (Wildman–Crippen LogP) is 2.53. The normalized spacial score (nSPS) is 20.9. The highest BCUT2D eigenvalue weighted by Gasteiger charge is 2.37. The standard InChI is InChI=1S/C12H25B2N5S/c1-7-10-18-13(4)16-11-8-9-15-19(11)12(2,3)20-17(6)14(18)5/h8-9,16H,7,10H2,1-6H3. The molecule has 5 nitrogen and oxygen atoms in total. The fourth-order valence-corrected chi connectivity index (χ4v) is 3.98. The van der Waals surface area contributed by atoms with Crippen LogP contribution in [-0.4, -0.2) is 46.3 Å². The third-order valence-corrected chi connectivity index (χ3v) is 5.08. The highest BCUT2D eigenvalue weighted by Crippen LogP contribution is 2.36. The summed E-state index contributed by atoms with van der Waals surface area (Å²) in [5.41, 5.74) is 0. The molecule has 1 aromatic heterocycles. The number of anilines is 1. The second kappa shape index (κ2) is 6.03. The van der Waals surface area contributed by atoms with Crippen LogP contribution in [0.2, 0.25) is 13.6 Å². The van der Waals surface area contributed by atoms with Crippen LogP contribution in [0.25, 0.3) is 0 Å². The zero-order valence-corrected chi connectivity index (χ0v) is 14.2. The molecule has 0 aromatic carbocycles. The fraction of sp³-hybridized carbons (Fsp3) is 0.750. The predicted molar refractivity (Wildman–Crippen MR) is 90.8 cm³/mol. The number of hydrogen-bond donors (Lipinski definition) is 1. The summed E-state index contributed by atoms with van der Waals surface area (Å²) in [6, 6.07) is 2.05. The van der Waals surface area contributed by atoms with Crippen LogP contribution in [0.5, 0.6) is 0 Å². The van der Waals surface area contributed by atoms with Gasteiger partial charge >= 0.3 is 14.0 Å². The third-order valence-electron chi connectivity index (χ3n) is 3.86. The Hall–Kier alpha value is -0.590. The highest BCUT2D eigenvalue weighted by molar-refractivity contribution is 7.98. The van der Waals surface area contributed by atoms with Crippen molar-refractivity contribution in [3.8, 4) is 0 Å². The summed E-state index contributed by atoms with van der Waals surface area (Å²) in [4.78, 5) is -0.114. The van der Waals surface area contributed by atoms with Gasteiger partial charge in [0.25, 0.3) is 0 Å². The van der Waals surface area contributed by atoms with Crippen molar-refractivity contribution in [3.05, 3.63) is 12.3 Å². The van der Waals surface area contributed by atoms with E-state index in [2.05, 4.69) is 71.5 Å². The molecule has 1 aliphatic heterocycles. The van der Waals surface area contributed by atoms with Crippen molar-refractivity contribution < 1.29 is 0 Å². The van der Waals surface area contributed by atoms with E-state index in [4.69, 9.17) is 0 Å². The van der Waals surface area contributed by atoms with Crippen LogP contribution in [0.3, 0.4) is 0 Å². The number of fused-ring (bicyclic) bond motifs is 1. The van der Waals surface area contributed by atoms with Gasteiger partial charge in [0.05, 0.1) is 6.20 Å². The smallest absolute Gasteiger partial charge is 0.327 e. The van der Waals surface area contributed by atoms with Crippen molar-refractivity contribution in [3.63, 3.8) is 0 Å². The highest BCUT2D eigenvalue weighted by atomic mass is 32.2. The maximum atomic E-state index is 4.51. The van der Waals surface area contributed by atoms with Crippen molar-refractivity contribution in [1.82, 2.24) is 18.7 Å². The lowest BCUT2D eigenvalue weighted by Gasteiger charge is -2.36. The van der Waals surface area contributed by atoms with Gasteiger partial charge < -0.3 is 9.95 Å².